The summed E-state index contributed by atoms with van der Waals surface area (Å²) >= 11 is 0. The molecule has 0 bridgehead atoms. The molecule has 1 N–H and O–H groups in total. The summed E-state index contributed by atoms with van der Waals surface area (Å²) in [4.78, 5) is 40.5. The molecular formula is C15H22N4O5Si. The van der Waals surface area contributed by atoms with Crippen LogP contribution in [0.2, 0.25) is 18.1 Å². The number of hydrogen-bond donors (Lipinski definition) is 1. The Morgan fingerprint density at radius 1 is 1.36 bits per heavy atom. The number of carbonyl (C=O) groups is 1. The van der Waals surface area contributed by atoms with Gasteiger partial charge < -0.3 is 14.7 Å². The zero-order valence-electron chi connectivity index (χ0n) is 14.9. The van der Waals surface area contributed by atoms with Crippen molar-refractivity contribution >= 4 is 19.8 Å². The van der Waals surface area contributed by atoms with E-state index in [-0.39, 0.29) is 17.4 Å². The third kappa shape index (κ3) is 3.77. The summed E-state index contributed by atoms with van der Waals surface area (Å²) in [6.45, 7) is 10.3. The lowest BCUT2D eigenvalue weighted by Gasteiger charge is -2.36. The van der Waals surface area contributed by atoms with Crippen molar-refractivity contribution in [2.45, 2.75) is 51.2 Å². The largest absolute Gasteiger partial charge is 0.414 e. The molecule has 0 unspecified atom stereocenters. The number of H-pyrrole nitrogens is 1. The first-order valence-corrected chi connectivity index (χ1v) is 10.8. The van der Waals surface area contributed by atoms with Crippen LogP contribution in [0.25, 0.3) is 5.53 Å². The number of nitrogens with one attached hydrogen (secondary N) is 1. The first-order valence-electron chi connectivity index (χ1n) is 7.85. The second-order valence-corrected chi connectivity index (χ2v) is 12.2. The topological polar surface area (TPSA) is 127 Å². The fourth-order valence-corrected chi connectivity index (χ4v) is 3.10. The molecule has 0 aromatic carbocycles. The summed E-state index contributed by atoms with van der Waals surface area (Å²) in [7, 11) is -2.10. The molecule has 0 spiro atoms. The second-order valence-electron chi connectivity index (χ2n) is 7.42. The van der Waals surface area contributed by atoms with E-state index in [1.54, 1.807) is 0 Å². The lowest BCUT2D eigenvalue weighted by molar-refractivity contribution is -0.127. The van der Waals surface area contributed by atoms with E-state index in [0.29, 0.717) is 0 Å². The van der Waals surface area contributed by atoms with Gasteiger partial charge in [0.05, 0.1) is 6.61 Å². The van der Waals surface area contributed by atoms with Crippen molar-refractivity contribution in [1.29, 1.82) is 0 Å². The van der Waals surface area contributed by atoms with Gasteiger partial charge in [0.25, 0.3) is 11.3 Å². The van der Waals surface area contributed by atoms with E-state index in [0.717, 1.165) is 16.8 Å². The number of ketones is 1. The molecular weight excluding hydrogens is 344 g/mol. The van der Waals surface area contributed by atoms with E-state index in [4.69, 9.17) is 9.16 Å². The minimum atomic E-state index is -2.10. The zero-order valence-corrected chi connectivity index (χ0v) is 15.9. The molecule has 9 nitrogen and oxygen atoms in total. The molecule has 10 heteroatoms. The molecule has 0 radical (unpaired) electrons. The van der Waals surface area contributed by atoms with Crippen LogP contribution >= 0.6 is 0 Å². The van der Waals surface area contributed by atoms with Crippen LogP contribution in [0.15, 0.2) is 21.9 Å². The Bertz CT molecular complexity index is 844. The molecule has 0 aliphatic carbocycles. The molecule has 2 atom stereocenters. The van der Waals surface area contributed by atoms with Gasteiger partial charge in [-0.15, -0.1) is 0 Å². The lowest BCUT2D eigenvalue weighted by atomic mass is 10.2. The number of rotatable bonds is 4. The van der Waals surface area contributed by atoms with E-state index >= 15 is 0 Å². The van der Waals surface area contributed by atoms with E-state index in [1.807, 2.05) is 13.1 Å². The molecule has 0 saturated carbocycles. The Hall–Kier alpha value is -2.13. The average molecular weight is 366 g/mol. The maximum atomic E-state index is 12.4. The van der Waals surface area contributed by atoms with Crippen molar-refractivity contribution in [3.63, 3.8) is 0 Å². The summed E-state index contributed by atoms with van der Waals surface area (Å²) in [5.41, 5.74) is 7.60. The van der Waals surface area contributed by atoms with Crippen LogP contribution in [0.1, 0.15) is 27.0 Å². The summed E-state index contributed by atoms with van der Waals surface area (Å²) in [6, 6.07) is 1.10. The highest BCUT2D eigenvalue weighted by molar-refractivity contribution is 6.74. The SMILES string of the molecule is CC(C)(C)[Si](C)(C)OC[C@H]1O[C@@H](n2ccc(=O)[nH]c2=O)C(=O)C1=[N+]=[N-]. The van der Waals surface area contributed by atoms with Gasteiger partial charge in [-0.05, 0) is 18.1 Å². The van der Waals surface area contributed by atoms with Gasteiger partial charge in [-0.3, -0.25) is 19.1 Å². The highest BCUT2D eigenvalue weighted by Gasteiger charge is 2.49. The normalized spacial score (nSPS) is 21.5. The van der Waals surface area contributed by atoms with Gasteiger partial charge in [0.2, 0.25) is 6.23 Å². The number of ether oxygens (including phenoxy) is 1. The van der Waals surface area contributed by atoms with Crippen LogP contribution < -0.4 is 11.2 Å². The van der Waals surface area contributed by atoms with Crippen LogP contribution in [0.4, 0.5) is 0 Å². The molecule has 25 heavy (non-hydrogen) atoms. The predicted octanol–water partition coefficient (Wildman–Crippen LogP) is 0.696. The fourth-order valence-electron chi connectivity index (χ4n) is 2.10. The van der Waals surface area contributed by atoms with Crippen LogP contribution in [-0.2, 0) is 14.0 Å². The summed E-state index contributed by atoms with van der Waals surface area (Å²) in [5.74, 6) is -0.652. The molecule has 1 aromatic rings. The summed E-state index contributed by atoms with van der Waals surface area (Å²) in [6.07, 6.45) is -1.03. The molecule has 1 aliphatic rings. The highest BCUT2D eigenvalue weighted by Crippen LogP contribution is 2.37. The molecule has 2 rings (SSSR count). The van der Waals surface area contributed by atoms with Gasteiger partial charge in [-0.25, -0.2) is 4.79 Å². The molecule has 1 fully saturated rings. The number of hydrogen-bond acceptors (Lipinski definition) is 5. The monoisotopic (exact) mass is 366 g/mol. The summed E-state index contributed by atoms with van der Waals surface area (Å²) in [5, 5.41) is -0.0403. The van der Waals surface area contributed by atoms with E-state index in [1.165, 1.54) is 0 Å². The predicted molar refractivity (Wildman–Crippen MR) is 92.0 cm³/mol. The molecule has 0 amide bonds. The smallest absolute Gasteiger partial charge is 0.370 e. The minimum absolute atomic E-state index is 0.0379. The third-order valence-corrected chi connectivity index (χ3v) is 9.19. The Balaban J connectivity index is 2.25. The third-order valence-electron chi connectivity index (χ3n) is 4.69. The van der Waals surface area contributed by atoms with Crippen LogP contribution in [-0.4, -0.2) is 46.9 Å². The van der Waals surface area contributed by atoms with Crippen molar-refractivity contribution in [1.82, 2.24) is 9.55 Å². The van der Waals surface area contributed by atoms with E-state index < -0.39 is 37.7 Å². The zero-order chi connectivity index (χ0) is 19.0. The van der Waals surface area contributed by atoms with Crippen LogP contribution in [0, 0.1) is 0 Å². The first kappa shape index (κ1) is 19.2. The van der Waals surface area contributed by atoms with Crippen LogP contribution in [0.5, 0.6) is 0 Å². The van der Waals surface area contributed by atoms with Gasteiger partial charge in [-0.2, -0.15) is 4.79 Å². The van der Waals surface area contributed by atoms with Crippen molar-refractivity contribution in [3.8, 4) is 0 Å². The van der Waals surface area contributed by atoms with Crippen molar-refractivity contribution < 1.29 is 18.7 Å². The standard InChI is InChI=1S/C15H22N4O5Si/c1-15(2,3)25(4,5)23-8-9-11(18-16)12(21)13(24-9)19-7-6-10(20)17-14(19)22/h6-7,9,13H,8H2,1-5H3,(H,17,20,22)/t9-,13-/m1/s1. The fraction of sp³-hybridized carbons (Fsp3) is 0.600. The van der Waals surface area contributed by atoms with Gasteiger partial charge in [0.15, 0.2) is 14.4 Å². The molecule has 136 valence electrons. The number of carbonyl (C=O) groups excluding carboxylic acids is 1. The Labute approximate surface area is 145 Å². The number of Topliss-reactive ketones (excluding diaryl/α,β-unsaturated/α-hetero) is 1. The van der Waals surface area contributed by atoms with Crippen molar-refractivity contribution in [2.24, 2.45) is 0 Å². The van der Waals surface area contributed by atoms with Gasteiger partial charge >= 0.3 is 11.4 Å². The maximum absolute atomic E-state index is 12.4. The Morgan fingerprint density at radius 3 is 2.52 bits per heavy atom. The molecule has 1 aromatic heterocycles. The van der Waals surface area contributed by atoms with Gasteiger partial charge in [-0.1, -0.05) is 20.8 Å². The second kappa shape index (κ2) is 6.64. The minimum Gasteiger partial charge on any atom is -0.414 e. The van der Waals surface area contributed by atoms with Crippen molar-refractivity contribution in [3.05, 3.63) is 38.6 Å². The Kier molecular flexibility index (Phi) is 5.10. The maximum Gasteiger partial charge on any atom is 0.370 e. The van der Waals surface area contributed by atoms with E-state index in [9.17, 15) is 19.9 Å². The van der Waals surface area contributed by atoms with Gasteiger partial charge in [0, 0.05) is 12.3 Å². The Morgan fingerprint density at radius 2 is 2.00 bits per heavy atom. The quantitative estimate of drug-likeness (QED) is 0.476. The van der Waals surface area contributed by atoms with Crippen molar-refractivity contribution in [2.75, 3.05) is 6.61 Å². The van der Waals surface area contributed by atoms with Crippen LogP contribution in [0.3, 0.4) is 0 Å². The summed E-state index contributed by atoms with van der Waals surface area (Å²) < 4.78 is 12.6. The average Bonchev–Trinajstić information content (AvgIpc) is 2.80. The molecule has 2 heterocycles. The highest BCUT2D eigenvalue weighted by atomic mass is 28.4. The first-order chi connectivity index (χ1) is 11.5. The number of nitrogens with zero attached hydrogens (tertiary/aromatic N) is 3. The number of aromatic amines is 1. The number of aromatic nitrogens is 2. The molecule has 1 saturated heterocycles. The van der Waals surface area contributed by atoms with Gasteiger partial charge in [0.1, 0.15) is 0 Å². The lowest BCUT2D eigenvalue weighted by Crippen LogP contribution is -2.43. The van der Waals surface area contributed by atoms with E-state index in [2.05, 4.69) is 30.5 Å². The molecule has 1 aliphatic heterocycles.